The monoisotopic (exact) mass is 365 g/mol. The van der Waals surface area contributed by atoms with E-state index in [1.807, 2.05) is 42.6 Å². The Morgan fingerprint density at radius 3 is 2.54 bits per heavy atom. The van der Waals surface area contributed by atoms with Crippen LogP contribution >= 0.6 is 0 Å². The minimum Gasteiger partial charge on any atom is -0.493 e. The Hall–Kier alpha value is -2.67. The van der Waals surface area contributed by atoms with Crippen molar-refractivity contribution in [3.8, 4) is 11.5 Å². The lowest BCUT2D eigenvalue weighted by molar-refractivity contribution is -0.682. The summed E-state index contributed by atoms with van der Waals surface area (Å²) in [5, 5.41) is 4.75. The van der Waals surface area contributed by atoms with Crippen LogP contribution in [0.5, 0.6) is 11.5 Å². The first kappa shape index (κ1) is 19.7. The number of nitrogens with one attached hydrogen (secondary N) is 1. The zero-order valence-corrected chi connectivity index (χ0v) is 14.7. The van der Waals surface area contributed by atoms with E-state index in [1.54, 1.807) is 12.1 Å². The van der Waals surface area contributed by atoms with E-state index in [0.29, 0.717) is 6.54 Å². The van der Waals surface area contributed by atoms with Gasteiger partial charge in [-0.25, -0.2) is 0 Å². The van der Waals surface area contributed by atoms with Crippen LogP contribution in [0.15, 0.2) is 48.5 Å². The van der Waals surface area contributed by atoms with Gasteiger partial charge in [0.25, 0.3) is 5.91 Å². The lowest BCUT2D eigenvalue weighted by Gasteiger charge is -2.13. The fourth-order valence-electron chi connectivity index (χ4n) is 2.46. The smallest absolute Gasteiger partial charge is 0.387 e. The zero-order chi connectivity index (χ0) is 18.9. The van der Waals surface area contributed by atoms with Crippen molar-refractivity contribution >= 4 is 5.91 Å². The maximum Gasteiger partial charge on any atom is 0.387 e. The van der Waals surface area contributed by atoms with Gasteiger partial charge in [-0.15, -0.1) is 0 Å². The molecule has 0 radical (unpaired) electrons. The molecule has 0 spiro atoms. The summed E-state index contributed by atoms with van der Waals surface area (Å²) >= 11 is 0. The van der Waals surface area contributed by atoms with Crippen LogP contribution < -0.4 is 20.1 Å². The summed E-state index contributed by atoms with van der Waals surface area (Å²) in [6.07, 6.45) is 0. The largest absolute Gasteiger partial charge is 0.493 e. The van der Waals surface area contributed by atoms with Gasteiger partial charge in [0.05, 0.1) is 7.11 Å². The highest BCUT2D eigenvalue weighted by atomic mass is 19.3. The van der Waals surface area contributed by atoms with E-state index in [1.165, 1.54) is 13.2 Å². The van der Waals surface area contributed by atoms with E-state index >= 15 is 0 Å². The van der Waals surface area contributed by atoms with Gasteiger partial charge in [0.15, 0.2) is 18.0 Å². The Bertz CT molecular complexity index is 711. The van der Waals surface area contributed by atoms with Crippen molar-refractivity contribution in [3.63, 3.8) is 0 Å². The summed E-state index contributed by atoms with van der Waals surface area (Å²) in [6.45, 7) is -0.316. The topological polar surface area (TPSA) is 64.2 Å². The molecule has 0 unspecified atom stereocenters. The first-order chi connectivity index (χ1) is 12.5. The molecule has 140 valence electrons. The van der Waals surface area contributed by atoms with E-state index in [4.69, 9.17) is 4.74 Å². The molecule has 0 saturated carbocycles. The third kappa shape index (κ3) is 6.00. The van der Waals surface area contributed by atoms with Crippen molar-refractivity contribution in [1.29, 1.82) is 0 Å². The number of amides is 1. The number of benzene rings is 2. The third-order valence-corrected chi connectivity index (χ3v) is 3.92. The lowest BCUT2D eigenvalue weighted by Crippen LogP contribution is -2.87. The summed E-state index contributed by atoms with van der Waals surface area (Å²) in [5.41, 5.74) is 1.88. The summed E-state index contributed by atoms with van der Waals surface area (Å²) in [5.74, 6) is 0.0450. The number of halogens is 2. The molecule has 1 atom stereocenters. The van der Waals surface area contributed by atoms with E-state index in [9.17, 15) is 13.6 Å². The molecular formula is C19H23F2N2O3+. The fraction of sp³-hybridized carbons (Fsp3) is 0.316. The second-order valence-electron chi connectivity index (χ2n) is 5.78. The molecule has 7 heteroatoms. The van der Waals surface area contributed by atoms with Crippen molar-refractivity contribution in [2.24, 2.45) is 0 Å². The Labute approximate surface area is 151 Å². The van der Waals surface area contributed by atoms with Crippen LogP contribution in [0.3, 0.4) is 0 Å². The van der Waals surface area contributed by atoms with Gasteiger partial charge in [0, 0.05) is 12.1 Å². The van der Waals surface area contributed by atoms with Crippen molar-refractivity contribution in [2.45, 2.75) is 26.1 Å². The Morgan fingerprint density at radius 2 is 1.88 bits per heavy atom. The van der Waals surface area contributed by atoms with Crippen molar-refractivity contribution in [2.75, 3.05) is 13.7 Å². The molecule has 2 aromatic rings. The number of hydrogen-bond acceptors (Lipinski definition) is 3. The maximum absolute atomic E-state index is 12.3. The molecule has 0 heterocycles. The number of rotatable bonds is 9. The number of nitrogens with two attached hydrogens (primary N) is 1. The average molecular weight is 365 g/mol. The van der Waals surface area contributed by atoms with Crippen LogP contribution in [-0.4, -0.2) is 26.2 Å². The van der Waals surface area contributed by atoms with Crippen molar-refractivity contribution < 1.29 is 28.4 Å². The third-order valence-electron chi connectivity index (χ3n) is 3.92. The summed E-state index contributed by atoms with van der Waals surface area (Å²) < 4.78 is 34.1. The number of quaternary nitrogens is 1. The molecule has 26 heavy (non-hydrogen) atoms. The molecule has 1 amide bonds. The molecule has 2 rings (SSSR count). The number of alkyl halides is 2. The predicted molar refractivity (Wildman–Crippen MR) is 93.1 cm³/mol. The van der Waals surface area contributed by atoms with Crippen LogP contribution in [0.2, 0.25) is 0 Å². The minimum atomic E-state index is -2.92. The highest BCUT2D eigenvalue weighted by Crippen LogP contribution is 2.29. The summed E-state index contributed by atoms with van der Waals surface area (Å²) in [6, 6.07) is 14.7. The summed E-state index contributed by atoms with van der Waals surface area (Å²) in [7, 11) is 1.37. The van der Waals surface area contributed by atoms with Crippen LogP contribution in [-0.2, 0) is 11.3 Å². The van der Waals surface area contributed by atoms with Crippen molar-refractivity contribution in [1.82, 2.24) is 5.32 Å². The quantitative estimate of drug-likeness (QED) is 0.716. The number of carbonyl (C=O) groups is 1. The first-order valence-corrected chi connectivity index (χ1v) is 8.26. The van der Waals surface area contributed by atoms with Gasteiger partial charge in [-0.05, 0) is 24.6 Å². The molecule has 0 aliphatic rings. The molecule has 0 saturated heterocycles. The fourth-order valence-corrected chi connectivity index (χ4v) is 2.46. The zero-order valence-electron chi connectivity index (χ0n) is 14.7. The molecule has 0 fully saturated rings. The van der Waals surface area contributed by atoms with Gasteiger partial charge in [0.1, 0.15) is 6.04 Å². The Balaban J connectivity index is 1.83. The molecule has 0 aliphatic heterocycles. The predicted octanol–water partition coefficient (Wildman–Crippen LogP) is 2.24. The van der Waals surface area contributed by atoms with Gasteiger partial charge in [-0.1, -0.05) is 36.4 Å². The highest BCUT2D eigenvalue weighted by molar-refractivity contribution is 5.76. The highest BCUT2D eigenvalue weighted by Gasteiger charge is 2.13. The van der Waals surface area contributed by atoms with Crippen LogP contribution in [0.25, 0.3) is 0 Å². The molecule has 0 aromatic heterocycles. The Kier molecular flexibility index (Phi) is 7.35. The number of carbonyl (C=O) groups excluding carboxylic acids is 1. The van der Waals surface area contributed by atoms with Crippen LogP contribution in [0.4, 0.5) is 8.78 Å². The maximum atomic E-state index is 12.3. The summed E-state index contributed by atoms with van der Waals surface area (Å²) in [4.78, 5) is 12.0. The molecule has 0 aliphatic carbocycles. The number of hydrogen-bond donors (Lipinski definition) is 2. The Morgan fingerprint density at radius 1 is 1.15 bits per heavy atom. The number of ether oxygens (including phenoxy) is 2. The van der Waals surface area contributed by atoms with Crippen molar-refractivity contribution in [3.05, 3.63) is 59.7 Å². The van der Waals surface area contributed by atoms with E-state index in [2.05, 4.69) is 10.1 Å². The molecule has 0 bridgehead atoms. The second kappa shape index (κ2) is 9.72. The van der Waals surface area contributed by atoms with E-state index < -0.39 is 6.61 Å². The van der Waals surface area contributed by atoms with Gasteiger partial charge in [-0.2, -0.15) is 8.78 Å². The normalized spacial score (nSPS) is 11.9. The van der Waals surface area contributed by atoms with Crippen LogP contribution in [0, 0.1) is 0 Å². The first-order valence-electron chi connectivity index (χ1n) is 8.26. The number of methoxy groups -OCH3 is 1. The molecular weight excluding hydrogens is 342 g/mol. The minimum absolute atomic E-state index is 0.0393. The van der Waals surface area contributed by atoms with Gasteiger partial charge >= 0.3 is 6.61 Å². The van der Waals surface area contributed by atoms with E-state index in [0.717, 1.165) is 11.1 Å². The van der Waals surface area contributed by atoms with Gasteiger partial charge < -0.3 is 20.1 Å². The second-order valence-corrected chi connectivity index (χ2v) is 5.78. The van der Waals surface area contributed by atoms with Gasteiger partial charge in [-0.3, -0.25) is 4.79 Å². The molecule has 3 N–H and O–H groups in total. The molecule has 2 aromatic carbocycles. The van der Waals surface area contributed by atoms with Crippen LogP contribution in [0.1, 0.15) is 24.1 Å². The lowest BCUT2D eigenvalue weighted by atomic mass is 10.1. The van der Waals surface area contributed by atoms with Gasteiger partial charge in [0.2, 0.25) is 0 Å². The SMILES string of the molecule is COc1cc(CNC(=O)C[NH2+][C@H](C)c2ccccc2)ccc1OC(F)F. The van der Waals surface area contributed by atoms with E-state index in [-0.39, 0.29) is 30.0 Å². The average Bonchev–Trinajstić information content (AvgIpc) is 2.65. The standard InChI is InChI=1S/C19H22F2N2O3/c1-13(15-6-4-3-5-7-15)22-12-18(24)23-11-14-8-9-16(26-19(20)21)17(10-14)25-2/h3-10,13,19,22H,11-12H2,1-2H3,(H,23,24)/p+1/t13-/m1/s1. The molecule has 5 nitrogen and oxygen atoms in total.